The third-order valence-electron chi connectivity index (χ3n) is 3.35. The van der Waals surface area contributed by atoms with E-state index in [1.807, 2.05) is 0 Å². The van der Waals surface area contributed by atoms with Gasteiger partial charge in [-0.1, -0.05) is 12.1 Å². The summed E-state index contributed by atoms with van der Waals surface area (Å²) in [7, 11) is 1.53. The molecule has 6 nitrogen and oxygen atoms in total. The number of hydrogen-bond donors (Lipinski definition) is 1. The molecule has 0 aliphatic rings. The van der Waals surface area contributed by atoms with E-state index in [9.17, 15) is 13.6 Å². The van der Waals surface area contributed by atoms with Crippen LogP contribution in [0.1, 0.15) is 10.5 Å². The van der Waals surface area contributed by atoms with E-state index in [0.717, 1.165) is 5.39 Å². The Bertz CT molecular complexity index is 889. The summed E-state index contributed by atoms with van der Waals surface area (Å²) in [4.78, 5) is 16.3. The molecule has 0 fully saturated rings. The molecule has 0 saturated carbocycles. The topological polar surface area (TPSA) is 87.0 Å². The maximum absolute atomic E-state index is 12.2. The highest BCUT2D eigenvalue weighted by atomic mass is 32.2. The Kier molecular flexibility index (Phi) is 3.74. The molecule has 0 aliphatic carbocycles. The average molecular weight is 314 g/mol. The zero-order valence-corrected chi connectivity index (χ0v) is 12.5. The molecule has 1 aromatic carbocycles. The summed E-state index contributed by atoms with van der Waals surface area (Å²) in [6.07, 6.45) is 3.23. The van der Waals surface area contributed by atoms with Gasteiger partial charge in [-0.3, -0.25) is 14.0 Å². The fraction of sp³-hybridized carbons (Fsp3) is 0.0667. The number of rotatable bonds is 3. The molecule has 0 saturated heterocycles. The quantitative estimate of drug-likeness (QED) is 0.744. The van der Waals surface area contributed by atoms with Crippen molar-refractivity contribution < 1.29 is 13.6 Å². The lowest BCUT2D eigenvalue weighted by Crippen LogP contribution is -2.21. The van der Waals surface area contributed by atoms with Crippen molar-refractivity contribution in [2.24, 2.45) is 0 Å². The molecule has 1 atom stereocenters. The van der Waals surface area contributed by atoms with Gasteiger partial charge in [-0.15, -0.1) is 0 Å². The number of amides is 1. The molecule has 3 aromatic rings. The zero-order chi connectivity index (χ0) is 15.7. The van der Waals surface area contributed by atoms with Crippen LogP contribution in [0.2, 0.25) is 0 Å². The maximum atomic E-state index is 12.2. The van der Waals surface area contributed by atoms with Crippen LogP contribution in [0.15, 0.2) is 53.7 Å². The van der Waals surface area contributed by atoms with Crippen molar-refractivity contribution in [3.63, 3.8) is 0 Å². The van der Waals surface area contributed by atoms with Gasteiger partial charge in [-0.2, -0.15) is 0 Å². The third kappa shape index (κ3) is 2.30. The Morgan fingerprint density at radius 2 is 2.09 bits per heavy atom. The largest absolute Gasteiger partial charge is 0.768 e. The Morgan fingerprint density at radius 1 is 1.32 bits per heavy atom. The first-order valence-electron chi connectivity index (χ1n) is 6.49. The molecule has 0 spiro atoms. The van der Waals surface area contributed by atoms with Crippen LogP contribution in [0.3, 0.4) is 0 Å². The van der Waals surface area contributed by atoms with Crippen LogP contribution >= 0.6 is 0 Å². The predicted octanol–water partition coefficient (Wildman–Crippen LogP) is 1.62. The molecule has 1 amide bonds. The molecule has 112 valence electrons. The van der Waals surface area contributed by atoms with Crippen molar-refractivity contribution in [1.82, 2.24) is 14.9 Å². The monoisotopic (exact) mass is 314 g/mol. The summed E-state index contributed by atoms with van der Waals surface area (Å²) in [5.41, 5.74) is 1.43. The number of benzene rings is 1. The van der Waals surface area contributed by atoms with Gasteiger partial charge in [0, 0.05) is 23.5 Å². The summed E-state index contributed by atoms with van der Waals surface area (Å²) < 4.78 is 24.6. The Morgan fingerprint density at radius 3 is 2.82 bits per heavy atom. The first-order chi connectivity index (χ1) is 10.6. The molecule has 22 heavy (non-hydrogen) atoms. The van der Waals surface area contributed by atoms with Crippen molar-refractivity contribution in [1.29, 1.82) is 0 Å². The number of carbonyl (C=O) groups is 1. The maximum Gasteiger partial charge on any atom is 0.268 e. The van der Waals surface area contributed by atoms with Crippen LogP contribution in [0, 0.1) is 0 Å². The summed E-state index contributed by atoms with van der Waals surface area (Å²) in [5.74, 6) is -0.303. The second-order valence-electron chi connectivity index (χ2n) is 4.58. The molecule has 3 rings (SSSR count). The lowest BCUT2D eigenvalue weighted by atomic mass is 10.3. The number of carbonyl (C=O) groups excluding carboxylic acids is 1. The minimum Gasteiger partial charge on any atom is -0.768 e. The second kappa shape index (κ2) is 5.70. The fourth-order valence-electron chi connectivity index (χ4n) is 2.38. The van der Waals surface area contributed by atoms with Crippen LogP contribution in [-0.4, -0.2) is 31.3 Å². The summed E-state index contributed by atoms with van der Waals surface area (Å²) in [5, 5.41) is 3.37. The number of fused-ring (bicyclic) bond motifs is 1. The van der Waals surface area contributed by atoms with E-state index >= 15 is 0 Å². The molecule has 0 aliphatic heterocycles. The Balaban J connectivity index is 2.39. The Labute approximate surface area is 129 Å². The van der Waals surface area contributed by atoms with E-state index in [1.54, 1.807) is 47.3 Å². The number of nitrogens with one attached hydrogen (secondary N) is 1. The van der Waals surface area contributed by atoms with Crippen LogP contribution in [0.4, 0.5) is 0 Å². The number of nitrogens with zero attached hydrogens (tertiary/aromatic N) is 2. The van der Waals surface area contributed by atoms with E-state index < -0.39 is 11.1 Å². The molecular weight excluding hydrogens is 302 g/mol. The lowest BCUT2D eigenvalue weighted by molar-refractivity contribution is 0.0956. The number of pyridine rings is 1. The predicted molar refractivity (Wildman–Crippen MR) is 81.6 cm³/mol. The average Bonchev–Trinajstić information content (AvgIpc) is 2.93. The highest BCUT2D eigenvalue weighted by Crippen LogP contribution is 2.27. The highest BCUT2D eigenvalue weighted by molar-refractivity contribution is 7.79. The van der Waals surface area contributed by atoms with Crippen LogP contribution in [0.25, 0.3) is 16.6 Å². The van der Waals surface area contributed by atoms with Gasteiger partial charge in [-0.25, -0.2) is 0 Å². The van der Waals surface area contributed by atoms with Gasteiger partial charge in [0.25, 0.3) is 5.91 Å². The molecule has 2 heterocycles. The smallest absolute Gasteiger partial charge is 0.268 e. The van der Waals surface area contributed by atoms with Gasteiger partial charge < -0.3 is 14.4 Å². The molecule has 1 N–H and O–H groups in total. The number of hydrogen-bond acceptors (Lipinski definition) is 4. The van der Waals surface area contributed by atoms with Crippen molar-refractivity contribution in [2.75, 3.05) is 7.05 Å². The van der Waals surface area contributed by atoms with Gasteiger partial charge >= 0.3 is 0 Å². The number of aromatic nitrogens is 2. The lowest BCUT2D eigenvalue weighted by Gasteiger charge is -2.15. The molecule has 0 bridgehead atoms. The van der Waals surface area contributed by atoms with Gasteiger partial charge in [0.05, 0.1) is 17.4 Å². The number of para-hydroxylation sites is 1. The van der Waals surface area contributed by atoms with Crippen molar-refractivity contribution in [3.8, 4) is 5.69 Å². The Hall–Kier alpha value is -2.51. The van der Waals surface area contributed by atoms with Gasteiger partial charge in [0.15, 0.2) is 0 Å². The van der Waals surface area contributed by atoms with E-state index in [1.165, 1.54) is 13.1 Å². The van der Waals surface area contributed by atoms with Gasteiger partial charge in [0.1, 0.15) is 5.69 Å². The van der Waals surface area contributed by atoms with E-state index in [4.69, 9.17) is 0 Å². The van der Waals surface area contributed by atoms with Crippen LogP contribution in [-0.2, 0) is 11.1 Å². The SMILES string of the molecule is CNC(=O)c1cc2ccncc2n1-c1ccccc1S(=O)[O-]. The zero-order valence-electron chi connectivity index (χ0n) is 11.6. The normalized spacial score (nSPS) is 12.3. The third-order valence-corrected chi connectivity index (χ3v) is 4.06. The van der Waals surface area contributed by atoms with E-state index in [0.29, 0.717) is 16.9 Å². The fourth-order valence-corrected chi connectivity index (χ4v) is 2.90. The summed E-state index contributed by atoms with van der Waals surface area (Å²) in [6.45, 7) is 0. The minimum absolute atomic E-state index is 0.119. The molecular formula is C15H12N3O3S-. The molecule has 2 aromatic heterocycles. The van der Waals surface area contributed by atoms with Gasteiger partial charge in [-0.05, 0) is 35.3 Å². The summed E-state index contributed by atoms with van der Waals surface area (Å²) >= 11 is -2.41. The van der Waals surface area contributed by atoms with Crippen molar-refractivity contribution in [2.45, 2.75) is 4.90 Å². The minimum atomic E-state index is -2.41. The van der Waals surface area contributed by atoms with Crippen LogP contribution < -0.4 is 5.32 Å². The molecule has 1 unspecified atom stereocenters. The highest BCUT2D eigenvalue weighted by Gasteiger charge is 2.18. The first-order valence-corrected chi connectivity index (χ1v) is 7.57. The second-order valence-corrected chi connectivity index (χ2v) is 5.49. The van der Waals surface area contributed by atoms with Gasteiger partial charge in [0.2, 0.25) is 0 Å². The molecule has 7 heteroatoms. The summed E-state index contributed by atoms with van der Waals surface area (Å²) in [6, 6.07) is 9.99. The standard InChI is InChI=1S/C15H13N3O3S/c1-16-15(19)12-8-10-6-7-17-9-13(10)18(12)11-4-2-3-5-14(11)22(20)21/h2-9H,1H3,(H,16,19)(H,20,21)/p-1. The van der Waals surface area contributed by atoms with E-state index in [-0.39, 0.29) is 10.8 Å². The van der Waals surface area contributed by atoms with Crippen LogP contribution in [0.5, 0.6) is 0 Å². The molecule has 0 radical (unpaired) electrons. The van der Waals surface area contributed by atoms with E-state index in [2.05, 4.69) is 10.3 Å². The van der Waals surface area contributed by atoms with Crippen molar-refractivity contribution in [3.05, 3.63) is 54.5 Å². The van der Waals surface area contributed by atoms with Crippen molar-refractivity contribution >= 4 is 27.9 Å². The first kappa shape index (κ1) is 14.4.